The molecule has 2 aliphatic heterocycles. The molecule has 2 aliphatic rings. The molecule has 1 amide bonds. The lowest BCUT2D eigenvalue weighted by molar-refractivity contribution is 0.100. The highest BCUT2D eigenvalue weighted by molar-refractivity contribution is 6.01. The molecule has 2 aromatic carbocycles. The Morgan fingerprint density at radius 3 is 2.59 bits per heavy atom. The number of hydrogen-bond donors (Lipinski definition) is 1. The Labute approximate surface area is 168 Å². The standard InChI is InChI=1S/C22H22FN5O/c23-19-9-5-4-6-15(19)11-27-12-16-10-20-25-26-21(28(20)14-17(16)13-27)22(29)24-18-7-2-1-3-8-18/h1-9,16-17H,10-14H2,(H,24,29)/t16-,17-/m1/s1. The minimum atomic E-state index is -0.241. The minimum Gasteiger partial charge on any atom is -0.319 e. The summed E-state index contributed by atoms with van der Waals surface area (Å²) in [5, 5.41) is 11.3. The zero-order valence-corrected chi connectivity index (χ0v) is 16.0. The molecule has 0 radical (unpaired) electrons. The number of carbonyl (C=O) groups excluding carboxylic acids is 1. The lowest BCUT2D eigenvalue weighted by Gasteiger charge is -2.25. The van der Waals surface area contributed by atoms with Crippen LogP contribution in [-0.4, -0.2) is 38.7 Å². The molecule has 0 saturated carbocycles. The van der Waals surface area contributed by atoms with Crippen molar-refractivity contribution in [3.63, 3.8) is 0 Å². The van der Waals surface area contributed by atoms with Gasteiger partial charge in [0.25, 0.3) is 5.91 Å². The number of rotatable bonds is 4. The molecule has 1 fully saturated rings. The van der Waals surface area contributed by atoms with Gasteiger partial charge in [-0.15, -0.1) is 10.2 Å². The number of fused-ring (bicyclic) bond motifs is 2. The number of amides is 1. The summed E-state index contributed by atoms with van der Waals surface area (Å²) in [4.78, 5) is 15.0. The Hall–Kier alpha value is -3.06. The molecular formula is C22H22FN5O. The molecule has 2 atom stereocenters. The first kappa shape index (κ1) is 18.0. The number of carbonyl (C=O) groups is 1. The average molecular weight is 391 g/mol. The summed E-state index contributed by atoms with van der Waals surface area (Å²) in [5.74, 6) is 1.69. The Bertz CT molecular complexity index is 1030. The lowest BCUT2D eigenvalue weighted by atomic mass is 9.89. The van der Waals surface area contributed by atoms with Crippen molar-refractivity contribution in [1.82, 2.24) is 19.7 Å². The van der Waals surface area contributed by atoms with Gasteiger partial charge in [0, 0.05) is 43.9 Å². The van der Waals surface area contributed by atoms with Crippen LogP contribution in [0.2, 0.25) is 0 Å². The first-order valence-electron chi connectivity index (χ1n) is 9.91. The van der Waals surface area contributed by atoms with E-state index < -0.39 is 0 Å². The fraction of sp³-hybridized carbons (Fsp3) is 0.318. The van der Waals surface area contributed by atoms with Crippen LogP contribution in [0.3, 0.4) is 0 Å². The van der Waals surface area contributed by atoms with E-state index in [1.807, 2.05) is 47.0 Å². The van der Waals surface area contributed by atoms with Crippen LogP contribution in [0.15, 0.2) is 54.6 Å². The van der Waals surface area contributed by atoms with Gasteiger partial charge in [-0.05, 0) is 30.0 Å². The monoisotopic (exact) mass is 391 g/mol. The fourth-order valence-corrected chi connectivity index (χ4v) is 4.49. The number of halogens is 1. The molecule has 0 aliphatic carbocycles. The van der Waals surface area contributed by atoms with Crippen LogP contribution in [0.5, 0.6) is 0 Å². The van der Waals surface area contributed by atoms with E-state index in [1.54, 1.807) is 6.07 Å². The van der Waals surface area contributed by atoms with Crippen molar-refractivity contribution in [3.05, 3.63) is 77.6 Å². The Morgan fingerprint density at radius 2 is 1.76 bits per heavy atom. The number of para-hydroxylation sites is 1. The molecule has 5 rings (SSSR count). The van der Waals surface area contributed by atoms with Crippen molar-refractivity contribution >= 4 is 11.6 Å². The summed E-state index contributed by atoms with van der Waals surface area (Å²) < 4.78 is 16.0. The van der Waals surface area contributed by atoms with Gasteiger partial charge in [0.1, 0.15) is 11.6 Å². The Balaban J connectivity index is 1.29. The highest BCUT2D eigenvalue weighted by atomic mass is 19.1. The van der Waals surface area contributed by atoms with Gasteiger partial charge in [-0.2, -0.15) is 0 Å². The van der Waals surface area contributed by atoms with E-state index in [4.69, 9.17) is 0 Å². The van der Waals surface area contributed by atoms with Gasteiger partial charge in [0.05, 0.1) is 0 Å². The second-order valence-electron chi connectivity index (χ2n) is 7.88. The Kier molecular flexibility index (Phi) is 4.60. The van der Waals surface area contributed by atoms with Crippen LogP contribution < -0.4 is 5.32 Å². The molecular weight excluding hydrogens is 369 g/mol. The van der Waals surface area contributed by atoms with E-state index in [0.29, 0.717) is 24.2 Å². The van der Waals surface area contributed by atoms with E-state index in [-0.39, 0.29) is 11.7 Å². The number of anilines is 1. The van der Waals surface area contributed by atoms with Crippen LogP contribution in [0.1, 0.15) is 22.0 Å². The molecule has 7 heteroatoms. The number of nitrogens with zero attached hydrogens (tertiary/aromatic N) is 4. The average Bonchev–Trinajstić information content (AvgIpc) is 3.31. The second kappa shape index (κ2) is 7.40. The van der Waals surface area contributed by atoms with E-state index in [2.05, 4.69) is 20.4 Å². The third kappa shape index (κ3) is 3.53. The van der Waals surface area contributed by atoms with Gasteiger partial charge < -0.3 is 9.88 Å². The predicted molar refractivity (Wildman–Crippen MR) is 107 cm³/mol. The number of likely N-dealkylation sites (tertiary alicyclic amines) is 1. The largest absolute Gasteiger partial charge is 0.319 e. The molecule has 6 nitrogen and oxygen atoms in total. The summed E-state index contributed by atoms with van der Waals surface area (Å²) in [5.41, 5.74) is 1.47. The van der Waals surface area contributed by atoms with Gasteiger partial charge in [-0.3, -0.25) is 9.69 Å². The first-order valence-corrected chi connectivity index (χ1v) is 9.91. The van der Waals surface area contributed by atoms with E-state index in [0.717, 1.165) is 43.1 Å². The lowest BCUT2D eigenvalue weighted by Crippen LogP contribution is -2.31. The predicted octanol–water partition coefficient (Wildman–Crippen LogP) is 2.97. The highest BCUT2D eigenvalue weighted by Gasteiger charge is 2.39. The molecule has 29 heavy (non-hydrogen) atoms. The smallest absolute Gasteiger partial charge is 0.293 e. The molecule has 3 heterocycles. The highest BCUT2D eigenvalue weighted by Crippen LogP contribution is 2.33. The van der Waals surface area contributed by atoms with Crippen molar-refractivity contribution in [2.24, 2.45) is 11.8 Å². The summed E-state index contributed by atoms with van der Waals surface area (Å²) in [7, 11) is 0. The Morgan fingerprint density at radius 1 is 1.00 bits per heavy atom. The summed E-state index contributed by atoms with van der Waals surface area (Å²) in [6.07, 6.45) is 0.796. The summed E-state index contributed by atoms with van der Waals surface area (Å²) in [6, 6.07) is 16.3. The zero-order chi connectivity index (χ0) is 19.8. The van der Waals surface area contributed by atoms with Gasteiger partial charge in [-0.1, -0.05) is 36.4 Å². The van der Waals surface area contributed by atoms with E-state index >= 15 is 0 Å². The van der Waals surface area contributed by atoms with E-state index in [9.17, 15) is 9.18 Å². The summed E-state index contributed by atoms with van der Waals surface area (Å²) >= 11 is 0. The molecule has 0 bridgehead atoms. The maximum absolute atomic E-state index is 14.0. The van der Waals surface area contributed by atoms with Crippen LogP contribution in [-0.2, 0) is 19.5 Å². The third-order valence-corrected chi connectivity index (χ3v) is 5.93. The van der Waals surface area contributed by atoms with Crippen molar-refractivity contribution in [3.8, 4) is 0 Å². The maximum Gasteiger partial charge on any atom is 0.293 e. The van der Waals surface area contributed by atoms with Crippen LogP contribution in [0.25, 0.3) is 0 Å². The van der Waals surface area contributed by atoms with Crippen molar-refractivity contribution in [2.75, 3.05) is 18.4 Å². The summed E-state index contributed by atoms with van der Waals surface area (Å²) in [6.45, 7) is 3.13. The molecule has 1 N–H and O–H groups in total. The molecule has 0 spiro atoms. The quantitative estimate of drug-likeness (QED) is 0.743. The topological polar surface area (TPSA) is 63.1 Å². The van der Waals surface area contributed by atoms with Crippen molar-refractivity contribution in [2.45, 2.75) is 19.5 Å². The van der Waals surface area contributed by atoms with Gasteiger partial charge in [0.2, 0.25) is 5.82 Å². The van der Waals surface area contributed by atoms with Crippen LogP contribution in [0, 0.1) is 17.7 Å². The normalized spacial score (nSPS) is 20.9. The molecule has 0 unspecified atom stereocenters. The number of benzene rings is 2. The SMILES string of the molecule is O=C(Nc1ccccc1)c1nnc2n1C[C@H]1CN(Cc3ccccc3F)C[C@H]1C2. The van der Waals surface area contributed by atoms with Crippen LogP contribution in [0.4, 0.5) is 10.1 Å². The van der Waals surface area contributed by atoms with Crippen molar-refractivity contribution < 1.29 is 9.18 Å². The van der Waals surface area contributed by atoms with Gasteiger partial charge in [0.15, 0.2) is 0 Å². The number of hydrogen-bond acceptors (Lipinski definition) is 4. The first-order chi connectivity index (χ1) is 14.2. The van der Waals surface area contributed by atoms with Gasteiger partial charge >= 0.3 is 0 Å². The minimum absolute atomic E-state index is 0.153. The van der Waals surface area contributed by atoms with E-state index in [1.165, 1.54) is 6.07 Å². The molecule has 1 aromatic heterocycles. The molecule has 1 saturated heterocycles. The fourth-order valence-electron chi connectivity index (χ4n) is 4.49. The van der Waals surface area contributed by atoms with Crippen molar-refractivity contribution in [1.29, 1.82) is 0 Å². The number of aromatic nitrogens is 3. The molecule has 148 valence electrons. The third-order valence-electron chi connectivity index (χ3n) is 5.93. The van der Waals surface area contributed by atoms with Gasteiger partial charge in [-0.25, -0.2) is 4.39 Å². The number of nitrogens with one attached hydrogen (secondary N) is 1. The zero-order valence-electron chi connectivity index (χ0n) is 16.0. The molecule has 3 aromatic rings. The van der Waals surface area contributed by atoms with Crippen LogP contribution >= 0.6 is 0 Å². The second-order valence-corrected chi connectivity index (χ2v) is 7.88. The maximum atomic E-state index is 14.0.